The summed E-state index contributed by atoms with van der Waals surface area (Å²) in [5.74, 6) is -1.97. The van der Waals surface area contributed by atoms with Gasteiger partial charge in [-0.25, -0.2) is 4.79 Å². The lowest BCUT2D eigenvalue weighted by Gasteiger charge is -2.12. The maximum Gasteiger partial charge on any atom is 0.416 e. The predicted molar refractivity (Wildman–Crippen MR) is 98.0 cm³/mol. The van der Waals surface area contributed by atoms with Crippen molar-refractivity contribution in [3.05, 3.63) is 62.7 Å². The third-order valence-electron chi connectivity index (χ3n) is 3.60. The van der Waals surface area contributed by atoms with E-state index in [9.17, 15) is 32.9 Å². The number of ether oxygens (including phenoxy) is 1. The number of carbonyl (C=O) groups excluding carboxylic acids is 2. The number of nitro groups is 1. The SMILES string of the molecule is CNc1ccc(C(=O)OCC(=O)Nc2cc(C(F)(F)F)ccc2Cl)cc1[N+](=O)[O-]. The van der Waals surface area contributed by atoms with Gasteiger partial charge in [-0.05, 0) is 30.3 Å². The molecule has 154 valence electrons. The van der Waals surface area contributed by atoms with Crippen molar-refractivity contribution in [3.63, 3.8) is 0 Å². The van der Waals surface area contributed by atoms with Gasteiger partial charge in [0, 0.05) is 13.1 Å². The summed E-state index contributed by atoms with van der Waals surface area (Å²) in [6, 6.07) is 5.87. The molecular formula is C17H13ClF3N3O5. The van der Waals surface area contributed by atoms with Crippen molar-refractivity contribution in [2.75, 3.05) is 24.3 Å². The average molecular weight is 432 g/mol. The molecule has 29 heavy (non-hydrogen) atoms. The summed E-state index contributed by atoms with van der Waals surface area (Å²) in [7, 11) is 1.46. The standard InChI is InChI=1S/C17H13ClF3N3O5/c1-22-12-5-2-9(6-14(12)24(27)28)16(26)29-8-15(25)23-13-7-10(17(19,20)21)3-4-11(13)18/h2-7,22H,8H2,1H3,(H,23,25). The summed E-state index contributed by atoms with van der Waals surface area (Å²) in [6.45, 7) is -0.840. The van der Waals surface area contributed by atoms with Gasteiger partial charge in [0.05, 0.1) is 26.8 Å². The molecule has 2 aromatic rings. The third kappa shape index (κ3) is 5.57. The van der Waals surface area contributed by atoms with Crippen molar-refractivity contribution in [1.82, 2.24) is 0 Å². The summed E-state index contributed by atoms with van der Waals surface area (Å²) >= 11 is 5.77. The summed E-state index contributed by atoms with van der Waals surface area (Å²) in [5, 5.41) is 15.6. The van der Waals surface area contributed by atoms with Gasteiger partial charge in [-0.1, -0.05) is 11.6 Å². The zero-order valence-corrected chi connectivity index (χ0v) is 15.4. The van der Waals surface area contributed by atoms with Gasteiger partial charge in [0.2, 0.25) is 0 Å². The molecule has 0 aliphatic rings. The molecule has 2 N–H and O–H groups in total. The first kappa shape index (κ1) is 22.0. The topological polar surface area (TPSA) is 111 Å². The van der Waals surface area contributed by atoms with E-state index < -0.39 is 35.1 Å². The summed E-state index contributed by atoms with van der Waals surface area (Å²) in [4.78, 5) is 34.2. The molecule has 0 unspecified atom stereocenters. The Morgan fingerprint density at radius 1 is 1.17 bits per heavy atom. The van der Waals surface area contributed by atoms with E-state index in [1.54, 1.807) is 0 Å². The minimum atomic E-state index is -4.63. The van der Waals surface area contributed by atoms with Crippen LogP contribution in [0.5, 0.6) is 0 Å². The second kappa shape index (κ2) is 8.78. The van der Waals surface area contributed by atoms with Gasteiger partial charge in [0.15, 0.2) is 6.61 Å². The number of amides is 1. The number of hydrogen-bond acceptors (Lipinski definition) is 6. The Morgan fingerprint density at radius 3 is 2.45 bits per heavy atom. The zero-order valence-electron chi connectivity index (χ0n) is 14.7. The van der Waals surface area contributed by atoms with Crippen LogP contribution in [0, 0.1) is 10.1 Å². The van der Waals surface area contributed by atoms with E-state index in [0.29, 0.717) is 6.07 Å². The Hall–Kier alpha value is -3.34. The average Bonchev–Trinajstić information content (AvgIpc) is 2.66. The van der Waals surface area contributed by atoms with Gasteiger partial charge >= 0.3 is 12.1 Å². The lowest BCUT2D eigenvalue weighted by molar-refractivity contribution is -0.384. The highest BCUT2D eigenvalue weighted by Crippen LogP contribution is 2.33. The van der Waals surface area contributed by atoms with Crippen LogP contribution in [0.4, 0.5) is 30.2 Å². The molecule has 2 aromatic carbocycles. The zero-order chi connectivity index (χ0) is 21.8. The number of alkyl halides is 3. The van der Waals surface area contributed by atoms with Crippen LogP contribution >= 0.6 is 11.6 Å². The molecular weight excluding hydrogens is 419 g/mol. The van der Waals surface area contributed by atoms with E-state index in [0.717, 1.165) is 18.2 Å². The molecule has 0 fully saturated rings. The number of hydrogen-bond donors (Lipinski definition) is 2. The number of esters is 1. The second-order valence-electron chi connectivity index (χ2n) is 5.56. The van der Waals surface area contributed by atoms with Gasteiger partial charge in [0.1, 0.15) is 5.69 Å². The lowest BCUT2D eigenvalue weighted by atomic mass is 10.1. The number of nitrogens with one attached hydrogen (secondary N) is 2. The fraction of sp³-hybridized carbons (Fsp3) is 0.176. The second-order valence-corrected chi connectivity index (χ2v) is 5.96. The Balaban J connectivity index is 2.05. The number of halogens is 4. The molecule has 1 amide bonds. The first-order valence-electron chi connectivity index (χ1n) is 7.83. The van der Waals surface area contributed by atoms with E-state index >= 15 is 0 Å². The fourth-order valence-electron chi connectivity index (χ4n) is 2.22. The van der Waals surface area contributed by atoms with E-state index in [1.807, 2.05) is 0 Å². The molecule has 0 heterocycles. The molecule has 0 aliphatic carbocycles. The van der Waals surface area contributed by atoms with E-state index in [2.05, 4.69) is 10.6 Å². The molecule has 0 saturated heterocycles. The third-order valence-corrected chi connectivity index (χ3v) is 3.93. The van der Waals surface area contributed by atoms with Crippen LogP contribution in [0.2, 0.25) is 5.02 Å². The maximum atomic E-state index is 12.7. The van der Waals surface area contributed by atoms with Crippen LogP contribution in [0.1, 0.15) is 15.9 Å². The number of benzene rings is 2. The first-order chi connectivity index (χ1) is 13.5. The first-order valence-corrected chi connectivity index (χ1v) is 8.20. The number of anilines is 2. The van der Waals surface area contributed by atoms with Crippen LogP contribution in [-0.2, 0) is 15.7 Å². The molecule has 0 spiro atoms. The largest absolute Gasteiger partial charge is 0.452 e. The molecule has 0 atom stereocenters. The van der Waals surface area contributed by atoms with Gasteiger partial charge < -0.3 is 15.4 Å². The number of carbonyl (C=O) groups is 2. The Kier molecular flexibility index (Phi) is 6.64. The van der Waals surface area contributed by atoms with Gasteiger partial charge in [0.25, 0.3) is 11.6 Å². The van der Waals surface area contributed by atoms with Crippen molar-refractivity contribution in [2.45, 2.75) is 6.18 Å². The highest BCUT2D eigenvalue weighted by Gasteiger charge is 2.31. The highest BCUT2D eigenvalue weighted by molar-refractivity contribution is 6.33. The van der Waals surface area contributed by atoms with Crippen molar-refractivity contribution in [1.29, 1.82) is 0 Å². The molecule has 0 saturated carbocycles. The minimum Gasteiger partial charge on any atom is -0.452 e. The van der Waals surface area contributed by atoms with Crippen LogP contribution in [-0.4, -0.2) is 30.5 Å². The Morgan fingerprint density at radius 2 is 1.86 bits per heavy atom. The molecule has 8 nitrogen and oxygen atoms in total. The fourth-order valence-corrected chi connectivity index (χ4v) is 2.38. The molecule has 2 rings (SSSR count). The minimum absolute atomic E-state index is 0.143. The quantitative estimate of drug-likeness (QED) is 0.404. The van der Waals surface area contributed by atoms with Crippen molar-refractivity contribution in [2.24, 2.45) is 0 Å². The van der Waals surface area contributed by atoms with E-state index in [4.69, 9.17) is 16.3 Å². The molecule has 12 heteroatoms. The molecule has 0 aromatic heterocycles. The Labute approximate surface area is 166 Å². The number of nitrogens with zero attached hydrogens (tertiary/aromatic N) is 1. The van der Waals surface area contributed by atoms with Crippen LogP contribution in [0.15, 0.2) is 36.4 Å². The smallest absolute Gasteiger partial charge is 0.416 e. The van der Waals surface area contributed by atoms with E-state index in [-0.39, 0.29) is 27.6 Å². The summed E-state index contributed by atoms with van der Waals surface area (Å²) in [5.41, 5.74) is -1.71. The van der Waals surface area contributed by atoms with E-state index in [1.165, 1.54) is 19.2 Å². The van der Waals surface area contributed by atoms with Crippen LogP contribution < -0.4 is 10.6 Å². The predicted octanol–water partition coefficient (Wildman–Crippen LogP) is 4.10. The summed E-state index contributed by atoms with van der Waals surface area (Å²) < 4.78 is 43.0. The van der Waals surface area contributed by atoms with Crippen molar-refractivity contribution in [3.8, 4) is 0 Å². The summed E-state index contributed by atoms with van der Waals surface area (Å²) in [6.07, 6.45) is -4.63. The molecule has 0 bridgehead atoms. The molecule has 0 aliphatic heterocycles. The lowest BCUT2D eigenvalue weighted by Crippen LogP contribution is -2.21. The van der Waals surface area contributed by atoms with Crippen LogP contribution in [0.25, 0.3) is 0 Å². The molecule has 0 radical (unpaired) electrons. The van der Waals surface area contributed by atoms with Gasteiger partial charge in [-0.3, -0.25) is 14.9 Å². The monoisotopic (exact) mass is 431 g/mol. The Bertz CT molecular complexity index is 966. The number of nitro benzene ring substituents is 1. The van der Waals surface area contributed by atoms with Crippen LogP contribution in [0.3, 0.4) is 0 Å². The maximum absolute atomic E-state index is 12.7. The number of rotatable bonds is 6. The van der Waals surface area contributed by atoms with Gasteiger partial charge in [-0.2, -0.15) is 13.2 Å². The van der Waals surface area contributed by atoms with Crippen molar-refractivity contribution < 1.29 is 32.4 Å². The van der Waals surface area contributed by atoms with Crippen molar-refractivity contribution >= 4 is 40.5 Å². The highest BCUT2D eigenvalue weighted by atomic mass is 35.5. The normalized spacial score (nSPS) is 10.9. The van der Waals surface area contributed by atoms with Gasteiger partial charge in [-0.15, -0.1) is 0 Å².